The highest BCUT2D eigenvalue weighted by Crippen LogP contribution is 2.35. The molecule has 8 nitrogen and oxygen atoms in total. The summed E-state index contributed by atoms with van der Waals surface area (Å²) in [5.41, 5.74) is 7.89. The molecule has 1 atom stereocenters. The van der Waals surface area contributed by atoms with E-state index in [1.807, 2.05) is 85.8 Å². The number of aromatic nitrogens is 4. The number of ether oxygens (including phenoxy) is 1. The smallest absolute Gasteiger partial charge is 0.321 e. The van der Waals surface area contributed by atoms with Crippen molar-refractivity contribution in [1.82, 2.24) is 25.1 Å². The van der Waals surface area contributed by atoms with Gasteiger partial charge in [-0.15, -0.1) is 0 Å². The van der Waals surface area contributed by atoms with Gasteiger partial charge in [-0.2, -0.15) is 5.10 Å². The van der Waals surface area contributed by atoms with Crippen molar-refractivity contribution in [1.29, 1.82) is 0 Å². The number of hydrogen-bond acceptors (Lipinski definition) is 5. The van der Waals surface area contributed by atoms with Gasteiger partial charge in [0.25, 0.3) is 0 Å². The molecule has 0 saturated heterocycles. The van der Waals surface area contributed by atoms with E-state index in [0.29, 0.717) is 44.1 Å². The normalized spacial score (nSPS) is 14.4. The lowest BCUT2D eigenvalue weighted by molar-refractivity contribution is -0.139. The minimum atomic E-state index is -0.883. The number of aliphatic carboxylic acids is 1. The molecule has 0 unspecified atom stereocenters. The van der Waals surface area contributed by atoms with Crippen LogP contribution in [-0.4, -0.2) is 36.9 Å². The molecule has 0 bridgehead atoms. The van der Waals surface area contributed by atoms with Crippen molar-refractivity contribution >= 4 is 16.9 Å². The van der Waals surface area contributed by atoms with Gasteiger partial charge in [-0.25, -0.2) is 9.37 Å². The highest BCUT2D eigenvalue weighted by Gasteiger charge is 2.30. The maximum Gasteiger partial charge on any atom is 0.321 e. The number of benzene rings is 4. The number of H-pyrrole nitrogens is 1. The van der Waals surface area contributed by atoms with E-state index < -0.39 is 17.8 Å². The number of fused-ring (bicyclic) bond motifs is 2. The average molecular weight is 602 g/mol. The Hall–Kier alpha value is -5.28. The van der Waals surface area contributed by atoms with Crippen LogP contribution in [0.2, 0.25) is 0 Å². The van der Waals surface area contributed by atoms with E-state index in [9.17, 15) is 9.90 Å². The van der Waals surface area contributed by atoms with Crippen molar-refractivity contribution < 1.29 is 19.0 Å². The Labute approximate surface area is 259 Å². The van der Waals surface area contributed by atoms with E-state index in [0.717, 1.165) is 50.1 Å². The Balaban J connectivity index is 1.24. The van der Waals surface area contributed by atoms with Crippen molar-refractivity contribution in [3.8, 4) is 28.4 Å². The standard InChI is InChI=1S/C36H32FN5O3/c1-2-24-16-33(45-21-23-11-7-4-8-12-23)28(37)17-27(24)25-13-14-26-29(15-25)40-41-34(26)35-39-31-19-38-30(36(43)44)18-32(31)42(35)20-22-9-5-3-6-10-22/h3-17,30,38H,2,18-21H2,1H3,(H,40,41)(H,43,44)/t30-/m0/s1. The lowest BCUT2D eigenvalue weighted by Gasteiger charge is -2.21. The van der Waals surface area contributed by atoms with Gasteiger partial charge >= 0.3 is 5.97 Å². The number of nitrogens with zero attached hydrogens (tertiary/aromatic N) is 3. The first-order chi connectivity index (χ1) is 22.0. The number of carbonyl (C=O) groups is 1. The SMILES string of the molecule is CCc1cc(OCc2ccccc2)c(F)cc1-c1ccc2c(-c3nc4c(n3Cc3ccccc3)C[C@@H](C(=O)O)NC4)n[nH]c2c1. The van der Waals surface area contributed by atoms with Gasteiger partial charge in [0.15, 0.2) is 17.4 Å². The monoisotopic (exact) mass is 601 g/mol. The van der Waals surface area contributed by atoms with Crippen LogP contribution in [0.4, 0.5) is 4.39 Å². The summed E-state index contributed by atoms with van der Waals surface area (Å²) in [6.45, 7) is 3.24. The first-order valence-electron chi connectivity index (χ1n) is 15.0. The van der Waals surface area contributed by atoms with Crippen LogP contribution in [0.1, 0.15) is 35.0 Å². The molecule has 3 N–H and O–H groups in total. The lowest BCUT2D eigenvalue weighted by Crippen LogP contribution is -2.42. The predicted molar refractivity (Wildman–Crippen MR) is 170 cm³/mol. The zero-order valence-corrected chi connectivity index (χ0v) is 24.8. The largest absolute Gasteiger partial charge is 0.486 e. The number of rotatable bonds is 9. The summed E-state index contributed by atoms with van der Waals surface area (Å²) >= 11 is 0. The number of halogens is 1. The molecule has 0 aliphatic carbocycles. The molecule has 0 saturated carbocycles. The predicted octanol–water partition coefficient (Wildman–Crippen LogP) is 6.52. The Bertz CT molecular complexity index is 2000. The molecule has 0 radical (unpaired) electrons. The fraction of sp³-hybridized carbons (Fsp3) is 0.194. The molecule has 45 heavy (non-hydrogen) atoms. The average Bonchev–Trinajstić information content (AvgIpc) is 3.65. The molecule has 4 aromatic carbocycles. The van der Waals surface area contributed by atoms with Crippen molar-refractivity contribution in [2.45, 2.75) is 45.5 Å². The summed E-state index contributed by atoms with van der Waals surface area (Å²) in [5.74, 6) is -0.384. The molecular formula is C36H32FN5O3. The molecule has 6 aromatic rings. The molecule has 7 rings (SSSR count). The van der Waals surface area contributed by atoms with E-state index in [1.165, 1.54) is 0 Å². The zero-order valence-electron chi connectivity index (χ0n) is 24.8. The highest BCUT2D eigenvalue weighted by molar-refractivity contribution is 5.94. The van der Waals surface area contributed by atoms with Gasteiger partial charge in [0.2, 0.25) is 0 Å². The Kier molecular flexibility index (Phi) is 7.61. The van der Waals surface area contributed by atoms with Crippen molar-refractivity contribution in [2.75, 3.05) is 0 Å². The summed E-state index contributed by atoms with van der Waals surface area (Å²) in [5, 5.41) is 21.5. The minimum absolute atomic E-state index is 0.234. The van der Waals surface area contributed by atoms with Crippen LogP contribution < -0.4 is 10.1 Å². The van der Waals surface area contributed by atoms with Crippen molar-refractivity contribution in [2.24, 2.45) is 0 Å². The Morgan fingerprint density at radius 3 is 2.51 bits per heavy atom. The van der Waals surface area contributed by atoms with Gasteiger partial charge in [-0.05, 0) is 58.5 Å². The maximum absolute atomic E-state index is 15.3. The van der Waals surface area contributed by atoms with Crippen molar-refractivity contribution in [3.05, 3.63) is 125 Å². The summed E-state index contributed by atoms with van der Waals surface area (Å²) < 4.78 is 23.2. The van der Waals surface area contributed by atoms with Crippen LogP contribution in [0, 0.1) is 5.82 Å². The quantitative estimate of drug-likeness (QED) is 0.174. The van der Waals surface area contributed by atoms with Crippen LogP contribution in [0.3, 0.4) is 0 Å². The van der Waals surface area contributed by atoms with E-state index in [-0.39, 0.29) is 5.75 Å². The van der Waals surface area contributed by atoms with Crippen LogP contribution in [-0.2, 0) is 37.3 Å². The molecule has 0 amide bonds. The first-order valence-corrected chi connectivity index (χ1v) is 15.0. The second-order valence-electron chi connectivity index (χ2n) is 11.3. The third-order valence-electron chi connectivity index (χ3n) is 8.41. The summed E-state index contributed by atoms with van der Waals surface area (Å²) in [7, 11) is 0. The zero-order chi connectivity index (χ0) is 30.9. The maximum atomic E-state index is 15.3. The molecule has 0 fully saturated rings. The topological polar surface area (TPSA) is 105 Å². The van der Waals surface area contributed by atoms with Crippen LogP contribution in [0.5, 0.6) is 5.75 Å². The number of carboxylic acids is 1. The molecule has 226 valence electrons. The Morgan fingerprint density at radius 2 is 1.78 bits per heavy atom. The molecule has 2 aromatic heterocycles. The number of imidazole rings is 1. The van der Waals surface area contributed by atoms with Gasteiger partial charge in [0, 0.05) is 30.6 Å². The van der Waals surface area contributed by atoms with E-state index in [4.69, 9.17) is 9.72 Å². The fourth-order valence-electron chi connectivity index (χ4n) is 6.04. The van der Waals surface area contributed by atoms with E-state index in [1.54, 1.807) is 12.1 Å². The Morgan fingerprint density at radius 1 is 1.02 bits per heavy atom. The number of carboxylic acid groups (broad SMARTS) is 1. The van der Waals surface area contributed by atoms with E-state index >= 15 is 4.39 Å². The molecule has 1 aliphatic rings. The van der Waals surface area contributed by atoms with Gasteiger partial charge in [0.1, 0.15) is 18.3 Å². The summed E-state index contributed by atoms with van der Waals surface area (Å²) in [6.07, 6.45) is 1.03. The molecular weight excluding hydrogens is 569 g/mol. The van der Waals surface area contributed by atoms with Gasteiger partial charge < -0.3 is 14.4 Å². The first kappa shape index (κ1) is 28.5. The molecule has 0 spiro atoms. The van der Waals surface area contributed by atoms with E-state index in [2.05, 4.69) is 20.1 Å². The number of nitrogens with one attached hydrogen (secondary N) is 2. The number of aryl methyl sites for hydroxylation is 1. The number of aromatic amines is 1. The third kappa shape index (κ3) is 5.58. The van der Waals surface area contributed by atoms with Crippen molar-refractivity contribution in [3.63, 3.8) is 0 Å². The summed E-state index contributed by atoms with van der Waals surface area (Å²) in [4.78, 5) is 16.8. The second kappa shape index (κ2) is 12.0. The van der Waals surface area contributed by atoms with Gasteiger partial charge in [0.05, 0.1) is 11.2 Å². The fourth-order valence-corrected chi connectivity index (χ4v) is 6.04. The third-order valence-corrected chi connectivity index (χ3v) is 8.41. The lowest BCUT2D eigenvalue weighted by atomic mass is 9.96. The van der Waals surface area contributed by atoms with Gasteiger partial charge in [-0.1, -0.05) is 73.7 Å². The summed E-state index contributed by atoms with van der Waals surface area (Å²) in [6, 6.07) is 28.3. The number of hydrogen-bond donors (Lipinski definition) is 3. The minimum Gasteiger partial charge on any atom is -0.486 e. The molecule has 3 heterocycles. The van der Waals surface area contributed by atoms with Gasteiger partial charge in [-0.3, -0.25) is 15.2 Å². The van der Waals surface area contributed by atoms with Crippen LogP contribution in [0.25, 0.3) is 33.5 Å². The molecule has 9 heteroatoms. The second-order valence-corrected chi connectivity index (χ2v) is 11.3. The highest BCUT2D eigenvalue weighted by atomic mass is 19.1. The van der Waals surface area contributed by atoms with Crippen LogP contribution in [0.15, 0.2) is 91.0 Å². The van der Waals surface area contributed by atoms with Crippen LogP contribution >= 0.6 is 0 Å². The molecule has 1 aliphatic heterocycles.